The number of nitrogens with zero attached hydrogens (tertiary/aromatic N) is 1. The first-order chi connectivity index (χ1) is 13.0. The number of anilines is 1. The Morgan fingerprint density at radius 2 is 1.96 bits per heavy atom. The predicted octanol–water partition coefficient (Wildman–Crippen LogP) is 2.27. The van der Waals surface area contributed by atoms with Gasteiger partial charge in [0.25, 0.3) is 0 Å². The fraction of sp³-hybridized carbons (Fsp3) is 0.579. The van der Waals surface area contributed by atoms with Crippen molar-refractivity contribution in [2.45, 2.75) is 44.8 Å². The molecule has 1 unspecified atom stereocenters. The number of carbonyl (C=O) groups is 2. The Bertz CT molecular complexity index is 669. The molecule has 1 saturated heterocycles. The molecule has 2 aliphatic rings. The zero-order valence-corrected chi connectivity index (χ0v) is 15.1. The number of rotatable bonds is 6. The highest BCUT2D eigenvalue weighted by Crippen LogP contribution is 2.31. The monoisotopic (exact) mass is 381 g/mol. The van der Waals surface area contributed by atoms with Crippen LogP contribution < -0.4 is 20.7 Å². The Hall–Kier alpha value is -2.22. The Labute approximate surface area is 157 Å². The van der Waals surface area contributed by atoms with Gasteiger partial charge in [-0.2, -0.15) is 8.78 Å². The van der Waals surface area contributed by atoms with Crippen LogP contribution in [0.3, 0.4) is 0 Å². The average Bonchev–Trinajstić information content (AvgIpc) is 3.13. The zero-order valence-electron chi connectivity index (χ0n) is 15.1. The Morgan fingerprint density at radius 1 is 1.22 bits per heavy atom. The number of carbonyl (C=O) groups excluding carboxylic acids is 2. The lowest BCUT2D eigenvalue weighted by atomic mass is 9.94. The molecule has 0 bridgehead atoms. The summed E-state index contributed by atoms with van der Waals surface area (Å²) < 4.78 is 28.8. The number of halogens is 2. The van der Waals surface area contributed by atoms with E-state index < -0.39 is 12.7 Å². The quantitative estimate of drug-likeness (QED) is 0.792. The van der Waals surface area contributed by atoms with Crippen molar-refractivity contribution in [3.05, 3.63) is 24.3 Å². The molecule has 0 radical (unpaired) electrons. The number of alkyl halides is 2. The van der Waals surface area contributed by atoms with Crippen LogP contribution in [0.25, 0.3) is 0 Å². The predicted molar refractivity (Wildman–Crippen MR) is 96.5 cm³/mol. The minimum Gasteiger partial charge on any atom is -0.435 e. The molecular weight excluding hydrogens is 356 g/mol. The average molecular weight is 381 g/mol. The molecule has 1 aliphatic carbocycles. The molecule has 3 atom stereocenters. The third-order valence-corrected chi connectivity index (χ3v) is 5.43. The standard InChI is InChI=1S/C19H25F2N3O3/c20-19(21)27-14-8-6-13(7-9-14)24-10-2-5-16(18(24)26)23-17(25)15-4-1-3-12(15)11-22/h6-9,12,15-16,19H,1-5,10-11,22H2,(H,23,25)/t12-,15-,16?/m1/s1. The van der Waals surface area contributed by atoms with Gasteiger partial charge in [0.2, 0.25) is 11.8 Å². The molecule has 3 rings (SSSR count). The molecule has 1 aromatic rings. The maximum absolute atomic E-state index is 12.8. The van der Waals surface area contributed by atoms with E-state index in [-0.39, 0.29) is 29.4 Å². The van der Waals surface area contributed by atoms with Crippen molar-refractivity contribution in [2.75, 3.05) is 18.0 Å². The maximum Gasteiger partial charge on any atom is 0.387 e. The Balaban J connectivity index is 1.64. The van der Waals surface area contributed by atoms with Gasteiger partial charge in [-0.15, -0.1) is 0 Å². The molecule has 3 N–H and O–H groups in total. The smallest absolute Gasteiger partial charge is 0.387 e. The summed E-state index contributed by atoms with van der Waals surface area (Å²) in [5, 5.41) is 2.90. The van der Waals surface area contributed by atoms with Gasteiger partial charge < -0.3 is 20.7 Å². The van der Waals surface area contributed by atoms with E-state index in [1.807, 2.05) is 0 Å². The molecule has 6 nitrogen and oxygen atoms in total. The maximum atomic E-state index is 12.8. The van der Waals surface area contributed by atoms with Crippen molar-refractivity contribution in [3.63, 3.8) is 0 Å². The van der Waals surface area contributed by atoms with Gasteiger partial charge in [0, 0.05) is 18.2 Å². The first kappa shape index (κ1) is 19.5. The molecule has 1 heterocycles. The molecule has 0 aromatic heterocycles. The van der Waals surface area contributed by atoms with Crippen molar-refractivity contribution in [1.29, 1.82) is 0 Å². The van der Waals surface area contributed by atoms with Crippen LogP contribution >= 0.6 is 0 Å². The van der Waals surface area contributed by atoms with Crippen LogP contribution in [-0.4, -0.2) is 37.6 Å². The van der Waals surface area contributed by atoms with Crippen LogP contribution in [0.2, 0.25) is 0 Å². The van der Waals surface area contributed by atoms with Gasteiger partial charge in [-0.25, -0.2) is 0 Å². The third kappa shape index (κ3) is 4.55. The molecule has 27 heavy (non-hydrogen) atoms. The highest BCUT2D eigenvalue weighted by atomic mass is 19.3. The van der Waals surface area contributed by atoms with E-state index >= 15 is 0 Å². The van der Waals surface area contributed by atoms with Gasteiger partial charge in [-0.3, -0.25) is 9.59 Å². The van der Waals surface area contributed by atoms with Gasteiger partial charge in [0.1, 0.15) is 11.8 Å². The minimum absolute atomic E-state index is 0.0390. The molecule has 1 aromatic carbocycles. The number of amides is 2. The van der Waals surface area contributed by atoms with E-state index in [1.165, 1.54) is 12.1 Å². The summed E-state index contributed by atoms with van der Waals surface area (Å²) in [6.07, 6.45) is 4.08. The van der Waals surface area contributed by atoms with Crippen LogP contribution in [-0.2, 0) is 9.59 Å². The van der Waals surface area contributed by atoms with Crippen LogP contribution in [0.4, 0.5) is 14.5 Å². The first-order valence-electron chi connectivity index (χ1n) is 9.36. The van der Waals surface area contributed by atoms with Crippen LogP contribution in [0.15, 0.2) is 24.3 Å². The van der Waals surface area contributed by atoms with E-state index in [0.29, 0.717) is 25.2 Å². The molecule has 8 heteroatoms. The van der Waals surface area contributed by atoms with Crippen molar-refractivity contribution in [3.8, 4) is 5.75 Å². The number of hydrogen-bond acceptors (Lipinski definition) is 4. The fourth-order valence-corrected chi connectivity index (χ4v) is 4.02. The van der Waals surface area contributed by atoms with Crippen LogP contribution in [0, 0.1) is 11.8 Å². The summed E-state index contributed by atoms with van der Waals surface area (Å²) in [7, 11) is 0. The fourth-order valence-electron chi connectivity index (χ4n) is 4.02. The van der Waals surface area contributed by atoms with E-state index in [1.54, 1.807) is 17.0 Å². The van der Waals surface area contributed by atoms with E-state index in [2.05, 4.69) is 10.1 Å². The van der Waals surface area contributed by atoms with Crippen molar-refractivity contribution in [1.82, 2.24) is 5.32 Å². The molecule has 2 amide bonds. The highest BCUT2D eigenvalue weighted by molar-refractivity contribution is 6.00. The summed E-state index contributed by atoms with van der Waals surface area (Å²) >= 11 is 0. The van der Waals surface area contributed by atoms with Crippen LogP contribution in [0.1, 0.15) is 32.1 Å². The van der Waals surface area contributed by atoms with E-state index in [4.69, 9.17) is 5.73 Å². The number of piperidine rings is 1. The molecule has 0 spiro atoms. The number of hydrogen-bond donors (Lipinski definition) is 2. The van der Waals surface area contributed by atoms with Gasteiger partial charge in [0.15, 0.2) is 0 Å². The lowest BCUT2D eigenvalue weighted by Crippen LogP contribution is -2.54. The summed E-state index contributed by atoms with van der Waals surface area (Å²) in [6.45, 7) is -1.88. The van der Waals surface area contributed by atoms with Crippen molar-refractivity contribution in [2.24, 2.45) is 17.6 Å². The van der Waals surface area contributed by atoms with Gasteiger partial charge in [-0.05, 0) is 62.4 Å². The van der Waals surface area contributed by atoms with Crippen LogP contribution in [0.5, 0.6) is 5.75 Å². The second kappa shape index (κ2) is 8.65. The minimum atomic E-state index is -2.89. The van der Waals surface area contributed by atoms with Gasteiger partial charge >= 0.3 is 6.61 Å². The lowest BCUT2D eigenvalue weighted by Gasteiger charge is -2.33. The summed E-state index contributed by atoms with van der Waals surface area (Å²) in [5.41, 5.74) is 6.35. The molecule has 2 fully saturated rings. The topological polar surface area (TPSA) is 84.7 Å². The SMILES string of the molecule is NC[C@H]1CCC[C@H]1C(=O)NC1CCCN(c2ccc(OC(F)F)cc2)C1=O. The highest BCUT2D eigenvalue weighted by Gasteiger charge is 2.36. The zero-order chi connectivity index (χ0) is 19.4. The Morgan fingerprint density at radius 3 is 2.63 bits per heavy atom. The molecule has 148 valence electrons. The number of benzene rings is 1. The molecule has 1 aliphatic heterocycles. The summed E-state index contributed by atoms with van der Waals surface area (Å²) in [6, 6.07) is 5.38. The third-order valence-electron chi connectivity index (χ3n) is 5.43. The van der Waals surface area contributed by atoms with Crippen molar-refractivity contribution >= 4 is 17.5 Å². The van der Waals surface area contributed by atoms with Crippen molar-refractivity contribution < 1.29 is 23.1 Å². The Kier molecular flexibility index (Phi) is 6.26. The van der Waals surface area contributed by atoms with Gasteiger partial charge in [-0.1, -0.05) is 6.42 Å². The first-order valence-corrected chi connectivity index (χ1v) is 9.36. The summed E-state index contributed by atoms with van der Waals surface area (Å²) in [5.74, 6) is -0.175. The van der Waals surface area contributed by atoms with E-state index in [9.17, 15) is 18.4 Å². The normalized spacial score (nSPS) is 25.7. The lowest BCUT2D eigenvalue weighted by molar-refractivity contribution is -0.131. The number of nitrogens with one attached hydrogen (secondary N) is 1. The largest absolute Gasteiger partial charge is 0.435 e. The second-order valence-corrected chi connectivity index (χ2v) is 7.10. The number of nitrogens with two attached hydrogens (primary N) is 1. The second-order valence-electron chi connectivity index (χ2n) is 7.10. The van der Waals surface area contributed by atoms with Gasteiger partial charge in [0.05, 0.1) is 0 Å². The van der Waals surface area contributed by atoms with E-state index in [0.717, 1.165) is 25.7 Å². The molecule has 1 saturated carbocycles. The number of ether oxygens (including phenoxy) is 1. The molecular formula is C19H25F2N3O3. The summed E-state index contributed by atoms with van der Waals surface area (Å²) in [4.78, 5) is 27.0.